The summed E-state index contributed by atoms with van der Waals surface area (Å²) in [5.41, 5.74) is 1.17. The van der Waals surface area contributed by atoms with Gasteiger partial charge in [0, 0.05) is 24.5 Å². The van der Waals surface area contributed by atoms with E-state index in [9.17, 15) is 0 Å². The molecule has 0 bridgehead atoms. The minimum absolute atomic E-state index is 0.595. The molecule has 1 aliphatic heterocycles. The summed E-state index contributed by atoms with van der Waals surface area (Å²) in [6.07, 6.45) is 6.27. The molecule has 2 N–H and O–H groups in total. The van der Waals surface area contributed by atoms with E-state index in [4.69, 9.17) is 0 Å². The number of nitrogens with one attached hydrogen (secondary N) is 2. The second kappa shape index (κ2) is 6.17. The van der Waals surface area contributed by atoms with E-state index < -0.39 is 0 Å². The lowest BCUT2D eigenvalue weighted by molar-refractivity contribution is 0.168. The van der Waals surface area contributed by atoms with Gasteiger partial charge in [-0.05, 0) is 45.3 Å². The molecule has 0 saturated carbocycles. The van der Waals surface area contributed by atoms with Crippen LogP contribution in [0.1, 0.15) is 32.4 Å². The minimum Gasteiger partial charge on any atom is -0.347 e. The quantitative estimate of drug-likeness (QED) is 0.816. The number of piperidine rings is 1. The number of hydrogen-bond acceptors (Lipinski definition) is 3. The lowest BCUT2D eigenvalue weighted by Gasteiger charge is -2.34. The Morgan fingerprint density at radius 2 is 2.29 bits per heavy atom. The van der Waals surface area contributed by atoms with Crippen LogP contribution in [-0.2, 0) is 6.54 Å². The van der Waals surface area contributed by atoms with Gasteiger partial charge in [0.25, 0.3) is 0 Å². The maximum Gasteiger partial charge on any atom is 0.0922 e. The lowest BCUT2D eigenvalue weighted by Crippen LogP contribution is -2.41. The second-order valence-corrected chi connectivity index (χ2v) is 5.02. The van der Waals surface area contributed by atoms with Crippen molar-refractivity contribution in [2.45, 2.75) is 39.3 Å². The second-order valence-electron chi connectivity index (χ2n) is 5.02. The third kappa shape index (κ3) is 3.54. The van der Waals surface area contributed by atoms with Crippen LogP contribution in [-0.4, -0.2) is 40.5 Å². The van der Waals surface area contributed by atoms with Gasteiger partial charge in [-0.25, -0.2) is 4.98 Å². The molecule has 17 heavy (non-hydrogen) atoms. The molecule has 1 atom stereocenters. The molecular weight excluding hydrogens is 212 g/mol. The van der Waals surface area contributed by atoms with Crippen LogP contribution in [0.2, 0.25) is 0 Å². The number of hydrogen-bond donors (Lipinski definition) is 2. The molecule has 0 amide bonds. The topological polar surface area (TPSA) is 44.0 Å². The Kier molecular flexibility index (Phi) is 4.57. The van der Waals surface area contributed by atoms with Crippen molar-refractivity contribution < 1.29 is 0 Å². The Morgan fingerprint density at radius 1 is 1.53 bits per heavy atom. The van der Waals surface area contributed by atoms with Crippen molar-refractivity contribution in [3.8, 4) is 0 Å². The Morgan fingerprint density at radius 3 is 2.88 bits per heavy atom. The van der Waals surface area contributed by atoms with Crippen molar-refractivity contribution in [3.63, 3.8) is 0 Å². The fraction of sp³-hybridized carbons (Fsp3) is 0.769. The molecule has 1 aromatic heterocycles. The van der Waals surface area contributed by atoms with Crippen LogP contribution in [0.5, 0.6) is 0 Å². The molecular formula is C13H24N4. The third-order valence-electron chi connectivity index (χ3n) is 3.96. The molecule has 4 nitrogen and oxygen atoms in total. The first-order valence-electron chi connectivity index (χ1n) is 6.72. The normalized spacial score (nSPS) is 20.6. The van der Waals surface area contributed by atoms with Crippen molar-refractivity contribution in [1.29, 1.82) is 0 Å². The standard InChI is InChI=1S/C13H24N4/c1-3-17-6-4-12(5-7-17)11(2)15-9-13-8-14-10-16-13/h8,10-12,15H,3-7,9H2,1-2H3,(H,14,16). The van der Waals surface area contributed by atoms with E-state index in [1.54, 1.807) is 6.33 Å². The molecule has 1 unspecified atom stereocenters. The summed E-state index contributed by atoms with van der Waals surface area (Å²) in [5.74, 6) is 0.820. The van der Waals surface area contributed by atoms with Gasteiger partial charge in [-0.3, -0.25) is 0 Å². The van der Waals surface area contributed by atoms with Crippen LogP contribution >= 0.6 is 0 Å². The maximum absolute atomic E-state index is 4.03. The Hall–Kier alpha value is -0.870. The molecule has 0 radical (unpaired) electrons. The molecule has 1 saturated heterocycles. The van der Waals surface area contributed by atoms with E-state index in [0.29, 0.717) is 6.04 Å². The van der Waals surface area contributed by atoms with E-state index in [1.165, 1.54) is 38.2 Å². The van der Waals surface area contributed by atoms with Gasteiger partial charge in [-0.2, -0.15) is 0 Å². The number of likely N-dealkylation sites (tertiary alicyclic amines) is 1. The smallest absolute Gasteiger partial charge is 0.0922 e. The van der Waals surface area contributed by atoms with Crippen LogP contribution in [0.4, 0.5) is 0 Å². The maximum atomic E-state index is 4.03. The minimum atomic E-state index is 0.595. The zero-order valence-corrected chi connectivity index (χ0v) is 10.9. The molecule has 96 valence electrons. The first-order chi connectivity index (χ1) is 8.29. The molecule has 2 rings (SSSR count). The summed E-state index contributed by atoms with van der Waals surface area (Å²) in [6.45, 7) is 9.18. The fourth-order valence-electron chi connectivity index (χ4n) is 2.59. The monoisotopic (exact) mass is 236 g/mol. The molecule has 2 heterocycles. The van der Waals surface area contributed by atoms with Gasteiger partial charge in [0.1, 0.15) is 0 Å². The Labute approximate surface area is 104 Å². The van der Waals surface area contributed by atoms with E-state index >= 15 is 0 Å². The number of rotatable bonds is 5. The van der Waals surface area contributed by atoms with Gasteiger partial charge in [-0.1, -0.05) is 6.92 Å². The largest absolute Gasteiger partial charge is 0.347 e. The SMILES string of the molecule is CCN1CCC(C(C)NCc2cnc[nH]2)CC1. The first kappa shape index (κ1) is 12.6. The average molecular weight is 236 g/mol. The molecule has 4 heteroatoms. The van der Waals surface area contributed by atoms with Crippen molar-refractivity contribution in [1.82, 2.24) is 20.2 Å². The summed E-state index contributed by atoms with van der Waals surface area (Å²) in [6, 6.07) is 0.595. The van der Waals surface area contributed by atoms with Gasteiger partial charge in [-0.15, -0.1) is 0 Å². The molecule has 0 spiro atoms. The molecule has 0 aromatic carbocycles. The van der Waals surface area contributed by atoms with Gasteiger partial charge in [0.05, 0.1) is 6.33 Å². The summed E-state index contributed by atoms with van der Waals surface area (Å²) in [5, 5.41) is 3.60. The molecule has 0 aliphatic carbocycles. The highest BCUT2D eigenvalue weighted by atomic mass is 15.1. The highest BCUT2D eigenvalue weighted by Crippen LogP contribution is 2.20. The van der Waals surface area contributed by atoms with E-state index in [-0.39, 0.29) is 0 Å². The predicted molar refractivity (Wildman–Crippen MR) is 69.7 cm³/mol. The number of H-pyrrole nitrogens is 1. The van der Waals surface area contributed by atoms with Crippen LogP contribution in [0, 0.1) is 5.92 Å². The number of imidazole rings is 1. The van der Waals surface area contributed by atoms with E-state index in [0.717, 1.165) is 12.5 Å². The Balaban J connectivity index is 1.71. The fourth-order valence-corrected chi connectivity index (χ4v) is 2.59. The number of aromatic nitrogens is 2. The predicted octanol–water partition coefficient (Wildman–Crippen LogP) is 1.62. The Bertz CT molecular complexity index is 301. The average Bonchev–Trinajstić information content (AvgIpc) is 2.89. The van der Waals surface area contributed by atoms with Crippen molar-refractivity contribution >= 4 is 0 Å². The first-order valence-corrected chi connectivity index (χ1v) is 6.72. The van der Waals surface area contributed by atoms with Gasteiger partial charge >= 0.3 is 0 Å². The highest BCUT2D eigenvalue weighted by molar-refractivity contribution is 4.94. The molecule has 1 aliphatic rings. The van der Waals surface area contributed by atoms with Crippen molar-refractivity contribution in [2.75, 3.05) is 19.6 Å². The number of aromatic amines is 1. The van der Waals surface area contributed by atoms with Gasteiger partial charge in [0.15, 0.2) is 0 Å². The summed E-state index contributed by atoms with van der Waals surface area (Å²) in [7, 11) is 0. The van der Waals surface area contributed by atoms with Gasteiger partial charge in [0.2, 0.25) is 0 Å². The number of nitrogens with zero attached hydrogens (tertiary/aromatic N) is 2. The van der Waals surface area contributed by atoms with E-state index in [1.807, 2.05) is 6.20 Å². The van der Waals surface area contributed by atoms with Crippen LogP contribution in [0.25, 0.3) is 0 Å². The third-order valence-corrected chi connectivity index (χ3v) is 3.96. The molecule has 1 fully saturated rings. The van der Waals surface area contributed by atoms with E-state index in [2.05, 4.69) is 34.0 Å². The van der Waals surface area contributed by atoms with Crippen LogP contribution in [0.3, 0.4) is 0 Å². The summed E-state index contributed by atoms with van der Waals surface area (Å²) >= 11 is 0. The lowest BCUT2D eigenvalue weighted by atomic mass is 9.90. The van der Waals surface area contributed by atoms with Crippen molar-refractivity contribution in [2.24, 2.45) is 5.92 Å². The summed E-state index contributed by atoms with van der Waals surface area (Å²) in [4.78, 5) is 9.70. The van der Waals surface area contributed by atoms with Crippen LogP contribution in [0.15, 0.2) is 12.5 Å². The van der Waals surface area contributed by atoms with Gasteiger partial charge < -0.3 is 15.2 Å². The zero-order chi connectivity index (χ0) is 12.1. The van der Waals surface area contributed by atoms with Crippen LogP contribution < -0.4 is 5.32 Å². The zero-order valence-electron chi connectivity index (χ0n) is 10.9. The molecule has 1 aromatic rings. The summed E-state index contributed by atoms with van der Waals surface area (Å²) < 4.78 is 0. The highest BCUT2D eigenvalue weighted by Gasteiger charge is 2.22. The van der Waals surface area contributed by atoms with Crippen molar-refractivity contribution in [3.05, 3.63) is 18.2 Å².